The molecule has 10 heteroatoms. The normalized spacial score (nSPS) is 11.4. The van der Waals surface area contributed by atoms with Gasteiger partial charge in [-0.25, -0.2) is 15.0 Å². The molecular formula is C26H19F2N5O2S. The highest BCUT2D eigenvalue weighted by atomic mass is 32.2. The van der Waals surface area contributed by atoms with E-state index >= 15 is 0 Å². The Bertz CT molecular complexity index is 1500. The summed E-state index contributed by atoms with van der Waals surface area (Å²) >= 11 is 1.42. The maximum Gasteiger partial charge on any atom is 0.482 e. The van der Waals surface area contributed by atoms with Crippen molar-refractivity contribution in [2.24, 2.45) is 0 Å². The summed E-state index contributed by atoms with van der Waals surface area (Å²) in [5.74, 6) is -0.625. The van der Waals surface area contributed by atoms with Crippen molar-refractivity contribution in [1.29, 1.82) is 0 Å². The minimum atomic E-state index is -4.07. The van der Waals surface area contributed by atoms with Gasteiger partial charge in [0.25, 0.3) is 0 Å². The third kappa shape index (κ3) is 5.18. The summed E-state index contributed by atoms with van der Waals surface area (Å²) in [6, 6.07) is 25.6. The number of rotatable bonds is 8. The molecule has 0 atom stereocenters. The first-order valence-corrected chi connectivity index (χ1v) is 11.9. The van der Waals surface area contributed by atoms with Crippen LogP contribution in [0.3, 0.4) is 0 Å². The van der Waals surface area contributed by atoms with E-state index in [1.54, 1.807) is 24.4 Å². The van der Waals surface area contributed by atoms with E-state index in [-0.39, 0.29) is 11.6 Å². The molecule has 5 rings (SSSR count). The Labute approximate surface area is 209 Å². The Kier molecular flexibility index (Phi) is 6.59. The molecule has 0 bridgehead atoms. The summed E-state index contributed by atoms with van der Waals surface area (Å²) in [7, 11) is 0. The van der Waals surface area contributed by atoms with Crippen LogP contribution in [-0.2, 0) is 10.5 Å². The lowest BCUT2D eigenvalue weighted by molar-refractivity contribution is -0.187. The highest BCUT2D eigenvalue weighted by Gasteiger charge is 2.42. The number of hydrogen-bond acceptors (Lipinski definition) is 6. The molecular weight excluding hydrogens is 484 g/mol. The number of halogens is 2. The van der Waals surface area contributed by atoms with Crippen LogP contribution < -0.4 is 10.1 Å². The number of thioether (sulfide) groups is 1. The van der Waals surface area contributed by atoms with Gasteiger partial charge in [-0.1, -0.05) is 54.2 Å². The van der Waals surface area contributed by atoms with E-state index in [2.05, 4.69) is 20.0 Å². The van der Waals surface area contributed by atoms with Gasteiger partial charge in [0, 0.05) is 11.9 Å². The van der Waals surface area contributed by atoms with Crippen LogP contribution in [0.4, 0.5) is 14.6 Å². The van der Waals surface area contributed by atoms with Crippen molar-refractivity contribution < 1.29 is 18.3 Å². The van der Waals surface area contributed by atoms with Crippen LogP contribution in [0.25, 0.3) is 16.9 Å². The number of ether oxygens (including phenoxy) is 1. The van der Waals surface area contributed by atoms with Crippen LogP contribution in [0.5, 0.6) is 5.75 Å². The average molecular weight is 504 g/mol. The van der Waals surface area contributed by atoms with Crippen molar-refractivity contribution >= 4 is 34.5 Å². The molecule has 5 aromatic rings. The Hall–Kier alpha value is -4.31. The molecule has 180 valence electrons. The van der Waals surface area contributed by atoms with Gasteiger partial charge in [0.05, 0.1) is 16.7 Å². The SMILES string of the molecule is O=C(Nc1cccc(CSc2nc3ccccc3n2-c2ccccn2)n1)C(F)(F)Oc1ccccc1. The molecule has 0 fully saturated rings. The van der Waals surface area contributed by atoms with E-state index < -0.39 is 12.0 Å². The molecule has 0 saturated carbocycles. The maximum atomic E-state index is 14.3. The summed E-state index contributed by atoms with van der Waals surface area (Å²) in [6.07, 6.45) is -2.36. The zero-order valence-electron chi connectivity index (χ0n) is 18.7. The fourth-order valence-corrected chi connectivity index (χ4v) is 4.37. The quantitative estimate of drug-likeness (QED) is 0.273. The lowest BCUT2D eigenvalue weighted by Gasteiger charge is -2.17. The fraction of sp³-hybridized carbons (Fsp3) is 0.0769. The van der Waals surface area contributed by atoms with Crippen molar-refractivity contribution in [2.75, 3.05) is 5.32 Å². The number of hydrogen-bond donors (Lipinski definition) is 1. The first-order chi connectivity index (χ1) is 17.5. The number of nitrogens with zero attached hydrogens (tertiary/aromatic N) is 4. The molecule has 0 aliphatic heterocycles. The van der Waals surface area contributed by atoms with E-state index in [0.717, 1.165) is 16.9 Å². The van der Waals surface area contributed by atoms with Crippen molar-refractivity contribution in [1.82, 2.24) is 19.5 Å². The molecule has 1 amide bonds. The number of pyridine rings is 2. The second-order valence-electron chi connectivity index (χ2n) is 7.60. The molecule has 1 N–H and O–H groups in total. The molecule has 3 aromatic heterocycles. The van der Waals surface area contributed by atoms with Crippen molar-refractivity contribution in [3.05, 3.63) is 103 Å². The summed E-state index contributed by atoms with van der Waals surface area (Å²) < 4.78 is 35.1. The average Bonchev–Trinajstić information content (AvgIpc) is 3.27. The van der Waals surface area contributed by atoms with Gasteiger partial charge < -0.3 is 10.1 Å². The van der Waals surface area contributed by atoms with E-state index in [0.29, 0.717) is 16.6 Å². The van der Waals surface area contributed by atoms with Gasteiger partial charge >= 0.3 is 12.0 Å². The fourth-order valence-electron chi connectivity index (χ4n) is 3.45. The largest absolute Gasteiger partial charge is 0.482 e. The molecule has 2 aromatic carbocycles. The number of carbonyl (C=O) groups excluding carboxylic acids is 1. The van der Waals surface area contributed by atoms with Crippen LogP contribution in [0.15, 0.2) is 102 Å². The van der Waals surface area contributed by atoms with Gasteiger partial charge in [0.2, 0.25) is 0 Å². The van der Waals surface area contributed by atoms with Crippen molar-refractivity contribution in [3.63, 3.8) is 0 Å². The summed E-state index contributed by atoms with van der Waals surface area (Å²) in [6.45, 7) is 0. The van der Waals surface area contributed by atoms with Gasteiger partial charge in [-0.05, 0) is 48.5 Å². The number of benzene rings is 2. The van der Waals surface area contributed by atoms with Gasteiger partial charge in [-0.2, -0.15) is 8.78 Å². The first kappa shape index (κ1) is 23.4. The summed E-state index contributed by atoms with van der Waals surface area (Å²) in [5, 5.41) is 2.84. The molecule has 0 aliphatic carbocycles. The Morgan fingerprint density at radius 3 is 2.50 bits per heavy atom. The second kappa shape index (κ2) is 10.1. The molecule has 3 heterocycles. The number of carbonyl (C=O) groups is 1. The van der Waals surface area contributed by atoms with Gasteiger partial charge in [0.1, 0.15) is 17.4 Å². The van der Waals surface area contributed by atoms with E-state index in [1.807, 2.05) is 47.0 Å². The minimum Gasteiger partial charge on any atom is -0.425 e. The van der Waals surface area contributed by atoms with Crippen LogP contribution in [-0.4, -0.2) is 31.5 Å². The number of amides is 1. The molecule has 0 spiro atoms. The third-order valence-electron chi connectivity index (χ3n) is 5.06. The predicted octanol–water partition coefficient (Wildman–Crippen LogP) is 5.72. The van der Waals surface area contributed by atoms with Crippen LogP contribution in [0.1, 0.15) is 5.69 Å². The molecule has 0 aliphatic rings. The lowest BCUT2D eigenvalue weighted by atomic mass is 10.3. The highest BCUT2D eigenvalue weighted by Crippen LogP contribution is 2.29. The molecule has 0 unspecified atom stereocenters. The molecule has 0 radical (unpaired) electrons. The maximum absolute atomic E-state index is 14.3. The monoisotopic (exact) mass is 503 g/mol. The van der Waals surface area contributed by atoms with Crippen molar-refractivity contribution in [3.8, 4) is 11.6 Å². The second-order valence-corrected chi connectivity index (χ2v) is 8.54. The number of fused-ring (bicyclic) bond motifs is 1. The zero-order chi connectivity index (χ0) is 25.0. The zero-order valence-corrected chi connectivity index (χ0v) is 19.5. The Morgan fingerprint density at radius 2 is 1.69 bits per heavy atom. The van der Waals surface area contributed by atoms with Crippen LogP contribution >= 0.6 is 11.8 Å². The summed E-state index contributed by atoms with van der Waals surface area (Å²) in [5.41, 5.74) is 2.30. The highest BCUT2D eigenvalue weighted by molar-refractivity contribution is 7.98. The van der Waals surface area contributed by atoms with Gasteiger partial charge in [0.15, 0.2) is 5.16 Å². The number of anilines is 1. The number of alkyl halides is 2. The molecule has 36 heavy (non-hydrogen) atoms. The summed E-state index contributed by atoms with van der Waals surface area (Å²) in [4.78, 5) is 25.7. The van der Waals surface area contributed by atoms with E-state index in [1.165, 1.54) is 42.1 Å². The molecule has 7 nitrogen and oxygen atoms in total. The third-order valence-corrected chi connectivity index (χ3v) is 6.03. The minimum absolute atomic E-state index is 0.00679. The Balaban J connectivity index is 1.32. The van der Waals surface area contributed by atoms with Crippen LogP contribution in [0.2, 0.25) is 0 Å². The number of nitrogens with one attached hydrogen (secondary N) is 1. The number of imidazole rings is 1. The van der Waals surface area contributed by atoms with Crippen LogP contribution in [0, 0.1) is 0 Å². The standard InChI is InChI=1S/C26H19F2N5O2S/c27-26(28,35-19-10-2-1-3-11-19)24(34)32-22-14-8-9-18(30-22)17-36-25-31-20-12-4-5-13-21(20)33(25)23-15-6-7-16-29-23/h1-16H,17H2,(H,30,32,34). The number of para-hydroxylation sites is 3. The number of aromatic nitrogens is 4. The van der Waals surface area contributed by atoms with E-state index in [9.17, 15) is 13.6 Å². The first-order valence-electron chi connectivity index (χ1n) is 10.9. The molecule has 0 saturated heterocycles. The smallest absolute Gasteiger partial charge is 0.425 e. The van der Waals surface area contributed by atoms with E-state index in [4.69, 9.17) is 4.98 Å². The lowest BCUT2D eigenvalue weighted by Crippen LogP contribution is -2.40. The van der Waals surface area contributed by atoms with Crippen molar-refractivity contribution in [2.45, 2.75) is 17.0 Å². The predicted molar refractivity (Wildman–Crippen MR) is 133 cm³/mol. The van der Waals surface area contributed by atoms with Gasteiger partial charge in [-0.3, -0.25) is 9.36 Å². The van der Waals surface area contributed by atoms with Gasteiger partial charge in [-0.15, -0.1) is 0 Å². The topological polar surface area (TPSA) is 81.9 Å². The Morgan fingerprint density at radius 1 is 0.917 bits per heavy atom.